The van der Waals surface area contributed by atoms with Gasteiger partial charge in [0, 0.05) is 0 Å². The lowest BCUT2D eigenvalue weighted by Crippen LogP contribution is -2.14. The Kier molecular flexibility index (Phi) is 2.32. The first-order chi connectivity index (χ1) is 4.68. The molecule has 0 aromatic rings. The molecule has 0 radical (unpaired) electrons. The van der Waals surface area contributed by atoms with Crippen molar-refractivity contribution in [3.05, 3.63) is 0 Å². The lowest BCUT2D eigenvalue weighted by molar-refractivity contribution is 0.260. The van der Waals surface area contributed by atoms with E-state index in [1.54, 1.807) is 0 Å². The molecule has 10 heavy (non-hydrogen) atoms. The van der Waals surface area contributed by atoms with Crippen LogP contribution in [0.4, 0.5) is 0 Å². The maximum atomic E-state index is 5.15. The summed E-state index contributed by atoms with van der Waals surface area (Å²) in [4.78, 5) is 5.15. The van der Waals surface area contributed by atoms with Gasteiger partial charge in [0.25, 0.3) is 0 Å². The van der Waals surface area contributed by atoms with Crippen LogP contribution in [0.15, 0.2) is 0 Å². The van der Waals surface area contributed by atoms with E-state index in [2.05, 4.69) is 26.3 Å². The number of rotatable bonds is 4. The fourth-order valence-corrected chi connectivity index (χ4v) is 1.02. The van der Waals surface area contributed by atoms with Gasteiger partial charge in [-0.05, 0) is 25.2 Å². The fourth-order valence-electron chi connectivity index (χ4n) is 1.02. The van der Waals surface area contributed by atoms with E-state index in [4.69, 9.17) is 4.84 Å². The van der Waals surface area contributed by atoms with E-state index in [0.29, 0.717) is 0 Å². The van der Waals surface area contributed by atoms with Crippen LogP contribution in [-0.4, -0.2) is 5.72 Å². The van der Waals surface area contributed by atoms with Crippen LogP contribution in [0.3, 0.4) is 0 Å². The van der Waals surface area contributed by atoms with Crippen LogP contribution in [-0.2, 0) is 4.84 Å². The number of hydroxylamine groups is 1. The Bertz CT molecular complexity index is 108. The summed E-state index contributed by atoms with van der Waals surface area (Å²) in [6.45, 7) is 6.64. The van der Waals surface area contributed by atoms with Crippen LogP contribution in [0, 0.1) is 5.92 Å². The number of nitrogens with one attached hydrogen (secondary N) is 1. The summed E-state index contributed by atoms with van der Waals surface area (Å²) in [5, 5.41) is 0. The molecule has 1 aliphatic rings. The maximum absolute atomic E-state index is 5.15. The van der Waals surface area contributed by atoms with Crippen molar-refractivity contribution >= 4 is 0 Å². The summed E-state index contributed by atoms with van der Waals surface area (Å²) in [7, 11) is 0. The van der Waals surface area contributed by atoms with E-state index in [1.807, 2.05) is 0 Å². The second-order valence-corrected chi connectivity index (χ2v) is 3.48. The monoisotopic (exact) mass is 143 g/mol. The van der Waals surface area contributed by atoms with Gasteiger partial charge in [-0.25, -0.2) is 0 Å². The van der Waals surface area contributed by atoms with Crippen LogP contribution >= 0.6 is 0 Å². The standard InChI is InChI=1S/C8H17NO/c1-4-8(9-10-8)6-5-7(2)3/h7,9H,4-6H2,1-3H3. The molecule has 0 bridgehead atoms. The average Bonchev–Trinajstić information content (AvgIpc) is 2.64. The minimum absolute atomic E-state index is 0.0737. The van der Waals surface area contributed by atoms with Crippen molar-refractivity contribution in [3.8, 4) is 0 Å². The molecular weight excluding hydrogens is 126 g/mol. The Labute approximate surface area is 62.9 Å². The summed E-state index contributed by atoms with van der Waals surface area (Å²) in [5.41, 5.74) is 3.03. The topological polar surface area (TPSA) is 34.5 Å². The van der Waals surface area contributed by atoms with E-state index < -0.39 is 0 Å². The van der Waals surface area contributed by atoms with Crippen molar-refractivity contribution in [1.29, 1.82) is 0 Å². The average molecular weight is 143 g/mol. The van der Waals surface area contributed by atoms with Crippen LogP contribution in [0.25, 0.3) is 0 Å². The first kappa shape index (κ1) is 8.02. The molecule has 1 saturated heterocycles. The SMILES string of the molecule is CCC1(CCC(C)C)NO1. The first-order valence-corrected chi connectivity index (χ1v) is 4.14. The van der Waals surface area contributed by atoms with Gasteiger partial charge < -0.3 is 0 Å². The molecule has 1 unspecified atom stereocenters. The highest BCUT2D eigenvalue weighted by atomic mass is 16.8. The van der Waals surface area contributed by atoms with Gasteiger partial charge in [-0.3, -0.25) is 4.84 Å². The van der Waals surface area contributed by atoms with E-state index >= 15 is 0 Å². The number of hydrogen-bond acceptors (Lipinski definition) is 2. The van der Waals surface area contributed by atoms with Crippen LogP contribution in [0.5, 0.6) is 0 Å². The summed E-state index contributed by atoms with van der Waals surface area (Å²) in [6.07, 6.45) is 3.49. The first-order valence-electron chi connectivity index (χ1n) is 4.14. The predicted molar refractivity (Wildman–Crippen MR) is 41.3 cm³/mol. The highest BCUT2D eigenvalue weighted by molar-refractivity contribution is 4.81. The van der Waals surface area contributed by atoms with E-state index in [1.165, 1.54) is 6.42 Å². The van der Waals surface area contributed by atoms with Gasteiger partial charge in [0.05, 0.1) is 0 Å². The quantitative estimate of drug-likeness (QED) is 0.611. The zero-order chi connectivity index (χ0) is 7.61. The molecule has 2 nitrogen and oxygen atoms in total. The van der Waals surface area contributed by atoms with E-state index in [0.717, 1.165) is 18.8 Å². The Balaban J connectivity index is 2.13. The van der Waals surface area contributed by atoms with Crippen molar-refractivity contribution in [2.45, 2.75) is 45.8 Å². The Morgan fingerprint density at radius 3 is 2.40 bits per heavy atom. The van der Waals surface area contributed by atoms with Gasteiger partial charge >= 0.3 is 0 Å². The lowest BCUT2D eigenvalue weighted by atomic mass is 10.0. The molecule has 1 atom stereocenters. The largest absolute Gasteiger partial charge is 0.275 e. The van der Waals surface area contributed by atoms with Crippen molar-refractivity contribution in [2.75, 3.05) is 0 Å². The molecule has 1 rings (SSSR count). The molecule has 0 amide bonds. The molecule has 1 N–H and O–H groups in total. The minimum atomic E-state index is 0.0737. The minimum Gasteiger partial charge on any atom is -0.275 e. The maximum Gasteiger partial charge on any atom is 0.161 e. The van der Waals surface area contributed by atoms with Crippen molar-refractivity contribution < 1.29 is 4.84 Å². The van der Waals surface area contributed by atoms with Crippen molar-refractivity contribution in [3.63, 3.8) is 0 Å². The number of hydrogen-bond donors (Lipinski definition) is 1. The van der Waals surface area contributed by atoms with Gasteiger partial charge in [0.2, 0.25) is 0 Å². The van der Waals surface area contributed by atoms with Crippen molar-refractivity contribution in [1.82, 2.24) is 5.48 Å². The van der Waals surface area contributed by atoms with Crippen LogP contribution in [0.2, 0.25) is 0 Å². The van der Waals surface area contributed by atoms with E-state index in [-0.39, 0.29) is 5.72 Å². The molecule has 0 aromatic heterocycles. The summed E-state index contributed by atoms with van der Waals surface area (Å²) >= 11 is 0. The Morgan fingerprint density at radius 2 is 2.10 bits per heavy atom. The molecular formula is C8H17NO. The molecule has 1 aliphatic heterocycles. The van der Waals surface area contributed by atoms with Gasteiger partial charge in [-0.15, -0.1) is 0 Å². The highest BCUT2D eigenvalue weighted by Crippen LogP contribution is 2.30. The third-order valence-electron chi connectivity index (χ3n) is 2.09. The molecule has 0 aromatic carbocycles. The van der Waals surface area contributed by atoms with Gasteiger partial charge in [-0.2, -0.15) is 5.48 Å². The highest BCUT2D eigenvalue weighted by Gasteiger charge is 2.42. The Hall–Kier alpha value is -0.0800. The van der Waals surface area contributed by atoms with Crippen molar-refractivity contribution in [2.24, 2.45) is 5.92 Å². The van der Waals surface area contributed by atoms with Gasteiger partial charge in [0.1, 0.15) is 0 Å². The molecule has 0 aliphatic carbocycles. The normalized spacial score (nSPS) is 31.2. The molecule has 0 saturated carbocycles. The van der Waals surface area contributed by atoms with Gasteiger partial charge in [0.15, 0.2) is 5.72 Å². The lowest BCUT2D eigenvalue weighted by Gasteiger charge is -2.07. The third-order valence-corrected chi connectivity index (χ3v) is 2.09. The molecule has 1 heterocycles. The molecule has 1 fully saturated rings. The van der Waals surface area contributed by atoms with Crippen LogP contribution < -0.4 is 5.48 Å². The fraction of sp³-hybridized carbons (Fsp3) is 1.00. The van der Waals surface area contributed by atoms with Crippen LogP contribution in [0.1, 0.15) is 40.0 Å². The zero-order valence-electron chi connectivity index (χ0n) is 7.11. The predicted octanol–water partition coefficient (Wildman–Crippen LogP) is 2.06. The molecule has 60 valence electrons. The zero-order valence-corrected chi connectivity index (χ0v) is 7.11. The summed E-state index contributed by atoms with van der Waals surface area (Å²) < 4.78 is 0. The molecule has 0 spiro atoms. The summed E-state index contributed by atoms with van der Waals surface area (Å²) in [6, 6.07) is 0. The Morgan fingerprint density at radius 1 is 1.50 bits per heavy atom. The summed E-state index contributed by atoms with van der Waals surface area (Å²) in [5.74, 6) is 0.787. The van der Waals surface area contributed by atoms with E-state index in [9.17, 15) is 0 Å². The molecule has 2 heteroatoms. The second kappa shape index (κ2) is 2.89. The third kappa shape index (κ3) is 1.96. The smallest absolute Gasteiger partial charge is 0.161 e. The van der Waals surface area contributed by atoms with Gasteiger partial charge in [-0.1, -0.05) is 20.8 Å². The second-order valence-electron chi connectivity index (χ2n) is 3.48.